The molecule has 0 heterocycles. The zero-order chi connectivity index (χ0) is 18.1. The maximum absolute atomic E-state index is 13.2. The molecule has 1 atom stereocenters. The summed E-state index contributed by atoms with van der Waals surface area (Å²) in [5.41, 5.74) is 0.934. The number of halogens is 2. The fourth-order valence-electron chi connectivity index (χ4n) is 2.20. The number of carbonyl (C=O) groups is 1. The van der Waals surface area contributed by atoms with Crippen molar-refractivity contribution in [1.29, 1.82) is 0 Å². The van der Waals surface area contributed by atoms with Crippen LogP contribution in [-0.4, -0.2) is 26.3 Å². The van der Waals surface area contributed by atoms with Crippen molar-refractivity contribution < 1.29 is 17.6 Å². The molecule has 2 N–H and O–H groups in total. The highest BCUT2D eigenvalue weighted by Gasteiger charge is 2.22. The van der Waals surface area contributed by atoms with E-state index in [0.29, 0.717) is 15.6 Å². The average Bonchev–Trinajstić information content (AvgIpc) is 2.52. The van der Waals surface area contributed by atoms with Gasteiger partial charge in [-0.1, -0.05) is 12.1 Å². The van der Waals surface area contributed by atoms with E-state index in [0.717, 1.165) is 0 Å². The van der Waals surface area contributed by atoms with Gasteiger partial charge < -0.3 is 4.90 Å². The monoisotopic (exact) mass is 414 g/mol. The van der Waals surface area contributed by atoms with Crippen LogP contribution in [0.3, 0.4) is 0 Å². The third-order valence-electron chi connectivity index (χ3n) is 3.73. The Balaban J connectivity index is 2.32. The van der Waals surface area contributed by atoms with Gasteiger partial charge in [0, 0.05) is 11.5 Å². The molecule has 0 saturated carbocycles. The van der Waals surface area contributed by atoms with Crippen LogP contribution in [0.5, 0.6) is 0 Å². The molecule has 0 aliphatic heterocycles. The molecule has 5 nitrogen and oxygen atoms in total. The van der Waals surface area contributed by atoms with Crippen LogP contribution in [0.2, 0.25) is 0 Å². The number of amides is 1. The van der Waals surface area contributed by atoms with Crippen LogP contribution in [0, 0.1) is 5.82 Å². The fraction of sp³-hybridized carbons (Fsp3) is 0.188. The van der Waals surface area contributed by atoms with Crippen LogP contribution in [0.25, 0.3) is 0 Å². The molecule has 1 unspecified atom stereocenters. The van der Waals surface area contributed by atoms with Crippen LogP contribution in [0.15, 0.2) is 51.8 Å². The molecular weight excluding hydrogens is 399 g/mol. The summed E-state index contributed by atoms with van der Waals surface area (Å²) in [4.78, 5) is 14.0. The Bertz CT molecular complexity index is 887. The van der Waals surface area contributed by atoms with Crippen molar-refractivity contribution in [3.63, 3.8) is 0 Å². The first-order chi connectivity index (χ1) is 11.1. The molecule has 0 fully saturated rings. The lowest BCUT2D eigenvalue weighted by Crippen LogP contribution is -2.30. The standard InChI is InChI=1S/C16H16BrFN2O3S/c1-10(11-4-3-5-13(8-11)24(19,22)23)20(2)16(21)14-7-6-12(18)9-15(14)17/h3-10H,1-2H3,(H2,19,22,23). The number of rotatable bonds is 4. The SMILES string of the molecule is CC(c1cccc(S(N)(=O)=O)c1)N(C)C(=O)c1ccc(F)cc1Br. The summed E-state index contributed by atoms with van der Waals surface area (Å²) in [6.45, 7) is 1.76. The molecule has 0 saturated heterocycles. The Kier molecular flexibility index (Phi) is 5.42. The van der Waals surface area contributed by atoms with Crippen molar-refractivity contribution in [1.82, 2.24) is 4.90 Å². The molecule has 0 bridgehead atoms. The number of benzene rings is 2. The molecule has 0 aromatic heterocycles. The molecule has 8 heteroatoms. The van der Waals surface area contributed by atoms with E-state index >= 15 is 0 Å². The second kappa shape index (κ2) is 7.00. The smallest absolute Gasteiger partial charge is 0.255 e. The largest absolute Gasteiger partial charge is 0.335 e. The van der Waals surface area contributed by atoms with Gasteiger partial charge in [-0.2, -0.15) is 0 Å². The summed E-state index contributed by atoms with van der Waals surface area (Å²) in [6, 6.07) is 9.52. The van der Waals surface area contributed by atoms with E-state index in [-0.39, 0.29) is 10.8 Å². The van der Waals surface area contributed by atoms with E-state index in [1.54, 1.807) is 26.1 Å². The van der Waals surface area contributed by atoms with Crippen molar-refractivity contribution in [2.45, 2.75) is 17.9 Å². The van der Waals surface area contributed by atoms with Crippen LogP contribution in [-0.2, 0) is 10.0 Å². The first-order valence-corrected chi connectivity index (χ1v) is 9.30. The Morgan fingerprint density at radius 2 is 1.92 bits per heavy atom. The van der Waals surface area contributed by atoms with Crippen LogP contribution in [0.1, 0.15) is 28.9 Å². The summed E-state index contributed by atoms with van der Waals surface area (Å²) in [7, 11) is -2.23. The molecule has 0 radical (unpaired) electrons. The molecule has 0 spiro atoms. The number of nitrogens with two attached hydrogens (primary N) is 1. The molecule has 2 aromatic carbocycles. The lowest BCUT2D eigenvalue weighted by atomic mass is 10.1. The number of hydrogen-bond donors (Lipinski definition) is 1. The van der Waals surface area contributed by atoms with Crippen molar-refractivity contribution in [2.24, 2.45) is 5.14 Å². The Morgan fingerprint density at radius 1 is 1.25 bits per heavy atom. The van der Waals surface area contributed by atoms with Gasteiger partial charge in [0.05, 0.1) is 16.5 Å². The number of carbonyl (C=O) groups excluding carboxylic acids is 1. The average molecular weight is 415 g/mol. The van der Waals surface area contributed by atoms with Crippen molar-refractivity contribution in [3.05, 3.63) is 63.9 Å². The van der Waals surface area contributed by atoms with Crippen molar-refractivity contribution in [3.8, 4) is 0 Å². The Labute approximate surface area is 148 Å². The number of nitrogens with zero attached hydrogens (tertiary/aromatic N) is 1. The summed E-state index contributed by atoms with van der Waals surface area (Å²) in [6.07, 6.45) is 0. The second-order valence-electron chi connectivity index (χ2n) is 5.33. The first kappa shape index (κ1) is 18.6. The van der Waals surface area contributed by atoms with Gasteiger partial charge in [-0.05, 0) is 58.7 Å². The zero-order valence-electron chi connectivity index (χ0n) is 13.0. The first-order valence-electron chi connectivity index (χ1n) is 6.96. The molecule has 2 rings (SSSR count). The number of hydrogen-bond acceptors (Lipinski definition) is 3. The molecule has 0 aliphatic rings. The van der Waals surface area contributed by atoms with E-state index in [1.807, 2.05) is 0 Å². The molecule has 0 aliphatic carbocycles. The van der Waals surface area contributed by atoms with E-state index in [2.05, 4.69) is 15.9 Å². The highest BCUT2D eigenvalue weighted by molar-refractivity contribution is 9.10. The van der Waals surface area contributed by atoms with Crippen LogP contribution in [0.4, 0.5) is 4.39 Å². The summed E-state index contributed by atoms with van der Waals surface area (Å²) >= 11 is 3.18. The van der Waals surface area contributed by atoms with Gasteiger partial charge in [0.2, 0.25) is 10.0 Å². The van der Waals surface area contributed by atoms with E-state index in [4.69, 9.17) is 5.14 Å². The van der Waals surface area contributed by atoms with E-state index < -0.39 is 21.9 Å². The van der Waals surface area contributed by atoms with Gasteiger partial charge in [0.15, 0.2) is 0 Å². The lowest BCUT2D eigenvalue weighted by Gasteiger charge is -2.26. The van der Waals surface area contributed by atoms with Gasteiger partial charge in [-0.25, -0.2) is 17.9 Å². The molecule has 24 heavy (non-hydrogen) atoms. The second-order valence-corrected chi connectivity index (χ2v) is 7.75. The number of sulfonamides is 1. The van der Waals surface area contributed by atoms with Crippen molar-refractivity contribution >= 4 is 31.9 Å². The fourth-order valence-corrected chi connectivity index (χ4v) is 3.29. The minimum Gasteiger partial charge on any atom is -0.335 e. The summed E-state index contributed by atoms with van der Waals surface area (Å²) in [5, 5.41) is 5.14. The molecule has 1 amide bonds. The van der Waals surface area contributed by atoms with E-state index in [9.17, 15) is 17.6 Å². The zero-order valence-corrected chi connectivity index (χ0v) is 15.4. The topological polar surface area (TPSA) is 80.5 Å². The number of primary sulfonamides is 1. The molecule has 2 aromatic rings. The maximum atomic E-state index is 13.2. The summed E-state index contributed by atoms with van der Waals surface area (Å²) < 4.78 is 36.4. The van der Waals surface area contributed by atoms with Gasteiger partial charge >= 0.3 is 0 Å². The quantitative estimate of drug-likeness (QED) is 0.834. The van der Waals surface area contributed by atoms with Gasteiger partial charge in [-0.15, -0.1) is 0 Å². The predicted octanol–water partition coefficient (Wildman–Crippen LogP) is 3.07. The van der Waals surface area contributed by atoms with E-state index in [1.165, 1.54) is 35.2 Å². The maximum Gasteiger partial charge on any atom is 0.255 e. The third-order valence-corrected chi connectivity index (χ3v) is 5.30. The molecular formula is C16H16BrFN2O3S. The van der Waals surface area contributed by atoms with Crippen LogP contribution >= 0.6 is 15.9 Å². The van der Waals surface area contributed by atoms with Gasteiger partial charge in [-0.3, -0.25) is 4.79 Å². The third kappa shape index (κ3) is 4.00. The van der Waals surface area contributed by atoms with Crippen molar-refractivity contribution in [2.75, 3.05) is 7.05 Å². The Morgan fingerprint density at radius 3 is 2.50 bits per heavy atom. The predicted molar refractivity (Wildman–Crippen MR) is 92.4 cm³/mol. The summed E-state index contributed by atoms with van der Waals surface area (Å²) in [5.74, 6) is -0.773. The highest BCUT2D eigenvalue weighted by atomic mass is 79.9. The minimum absolute atomic E-state index is 0.0179. The highest BCUT2D eigenvalue weighted by Crippen LogP contribution is 2.25. The molecule has 128 valence electrons. The van der Waals surface area contributed by atoms with Gasteiger partial charge in [0.25, 0.3) is 5.91 Å². The minimum atomic E-state index is -3.82. The normalized spacial score (nSPS) is 12.7. The van der Waals surface area contributed by atoms with Gasteiger partial charge in [0.1, 0.15) is 5.82 Å². The Hall–Kier alpha value is -1.77. The lowest BCUT2D eigenvalue weighted by molar-refractivity contribution is 0.0741. The van der Waals surface area contributed by atoms with Crippen LogP contribution < -0.4 is 5.14 Å².